The maximum atomic E-state index is 12.5. The molecule has 3 heterocycles. The van der Waals surface area contributed by atoms with E-state index in [1.807, 2.05) is 25.6 Å². The van der Waals surface area contributed by atoms with Crippen LogP contribution in [-0.2, 0) is 28.2 Å². The summed E-state index contributed by atoms with van der Waals surface area (Å²) in [5, 5.41) is 4.35. The second kappa shape index (κ2) is 5.62. The number of nitrogens with zero attached hydrogens (tertiary/aromatic N) is 3. The van der Waals surface area contributed by atoms with Crippen LogP contribution in [0.3, 0.4) is 0 Å². The number of hydrogen-bond donors (Lipinski definition) is 0. The molecular weight excluding hydrogens is 302 g/mol. The molecule has 2 saturated heterocycles. The molecule has 0 aromatic carbocycles. The highest BCUT2D eigenvalue weighted by Gasteiger charge is 2.61. The largest absolute Gasteiger partial charge is 0.381 e. The summed E-state index contributed by atoms with van der Waals surface area (Å²) in [6.07, 6.45) is 0.737. The highest BCUT2D eigenvalue weighted by atomic mass is 32.2. The van der Waals surface area contributed by atoms with Gasteiger partial charge in [0.25, 0.3) is 0 Å². The predicted octanol–water partition coefficient (Wildman–Crippen LogP) is 0.754. The fourth-order valence-electron chi connectivity index (χ4n) is 3.83. The normalized spacial score (nSPS) is 26.4. The number of hydrogen-bond acceptors (Lipinski definition) is 5. The maximum Gasteiger partial charge on any atom is 0.158 e. The minimum atomic E-state index is -3.00. The Morgan fingerprint density at radius 2 is 2.18 bits per heavy atom. The average Bonchev–Trinajstić information content (AvgIpc) is 2.85. The zero-order valence-corrected chi connectivity index (χ0v) is 14.4. The van der Waals surface area contributed by atoms with Crippen LogP contribution in [0.1, 0.15) is 24.7 Å². The minimum absolute atomic E-state index is 0.141. The molecule has 1 atom stereocenters. The number of ether oxygens (including phenoxy) is 1. The van der Waals surface area contributed by atoms with Crippen molar-refractivity contribution in [2.75, 3.05) is 32.1 Å². The van der Waals surface area contributed by atoms with E-state index in [2.05, 4.69) is 16.1 Å². The topological polar surface area (TPSA) is 64.4 Å². The molecule has 3 rings (SSSR count). The first-order valence-electron chi connectivity index (χ1n) is 7.90. The molecule has 0 aliphatic carbocycles. The van der Waals surface area contributed by atoms with Gasteiger partial charge in [-0.25, -0.2) is 8.42 Å². The van der Waals surface area contributed by atoms with Crippen molar-refractivity contribution in [3.8, 4) is 0 Å². The summed E-state index contributed by atoms with van der Waals surface area (Å²) in [5.74, 6) is 0.450. The van der Waals surface area contributed by atoms with Crippen LogP contribution >= 0.6 is 0 Å². The van der Waals surface area contributed by atoms with Gasteiger partial charge in [-0.05, 0) is 26.3 Å². The van der Waals surface area contributed by atoms with E-state index >= 15 is 0 Å². The molecule has 1 aromatic rings. The number of likely N-dealkylation sites (tertiary alicyclic amines) is 1. The minimum Gasteiger partial charge on any atom is -0.381 e. The molecule has 1 spiro atoms. The Labute approximate surface area is 132 Å². The molecule has 0 radical (unpaired) electrons. The molecule has 2 fully saturated rings. The lowest BCUT2D eigenvalue weighted by molar-refractivity contribution is 0.0281. The van der Waals surface area contributed by atoms with E-state index in [1.54, 1.807) is 0 Å². The summed E-state index contributed by atoms with van der Waals surface area (Å²) in [7, 11) is -1.07. The molecule has 0 N–H and O–H groups in total. The quantitative estimate of drug-likeness (QED) is 0.799. The number of rotatable bonds is 5. The molecule has 0 bridgehead atoms. The molecular formula is C15H25N3O3S. The fraction of sp³-hybridized carbons (Fsp3) is 0.800. The molecule has 124 valence electrons. The standard InChI is InChI=1S/C15H25N3O3S/c1-4-21-9-13-5-6-22(19,20)15(13)10-18(11-15)8-14-7-12(2)16-17(14)3/h7,13H,4-6,8-11H2,1-3H3. The average molecular weight is 327 g/mol. The van der Waals surface area contributed by atoms with Crippen LogP contribution in [0.2, 0.25) is 0 Å². The van der Waals surface area contributed by atoms with Crippen LogP contribution in [-0.4, -0.2) is 59.9 Å². The van der Waals surface area contributed by atoms with Gasteiger partial charge in [-0.15, -0.1) is 0 Å². The van der Waals surface area contributed by atoms with Crippen molar-refractivity contribution in [1.82, 2.24) is 14.7 Å². The van der Waals surface area contributed by atoms with Gasteiger partial charge in [-0.1, -0.05) is 0 Å². The summed E-state index contributed by atoms with van der Waals surface area (Å²) in [5.41, 5.74) is 2.12. The first kappa shape index (κ1) is 16.0. The molecule has 1 aromatic heterocycles. The molecule has 7 heteroatoms. The van der Waals surface area contributed by atoms with Gasteiger partial charge in [-0.3, -0.25) is 9.58 Å². The summed E-state index contributed by atoms with van der Waals surface area (Å²) < 4.78 is 31.8. The van der Waals surface area contributed by atoms with Crippen LogP contribution in [0.25, 0.3) is 0 Å². The molecule has 2 aliphatic rings. The SMILES string of the molecule is CCOCC1CCS(=O)(=O)C12CN(Cc1cc(C)nn1C)C2. The predicted molar refractivity (Wildman–Crippen MR) is 84.3 cm³/mol. The second-order valence-corrected chi connectivity index (χ2v) is 9.03. The van der Waals surface area contributed by atoms with Crippen molar-refractivity contribution in [3.05, 3.63) is 17.5 Å². The van der Waals surface area contributed by atoms with Crippen molar-refractivity contribution in [2.24, 2.45) is 13.0 Å². The van der Waals surface area contributed by atoms with Gasteiger partial charge in [0.2, 0.25) is 0 Å². The third kappa shape index (κ3) is 2.49. The Hall–Kier alpha value is -0.920. The zero-order chi connectivity index (χ0) is 16.0. The first-order chi connectivity index (χ1) is 10.4. The zero-order valence-electron chi connectivity index (χ0n) is 13.6. The van der Waals surface area contributed by atoms with E-state index < -0.39 is 14.6 Å². The van der Waals surface area contributed by atoms with Crippen molar-refractivity contribution >= 4 is 9.84 Å². The van der Waals surface area contributed by atoms with Crippen molar-refractivity contribution < 1.29 is 13.2 Å². The van der Waals surface area contributed by atoms with Gasteiger partial charge in [-0.2, -0.15) is 5.10 Å². The molecule has 2 aliphatic heterocycles. The van der Waals surface area contributed by atoms with Crippen molar-refractivity contribution in [3.63, 3.8) is 0 Å². The highest BCUT2D eigenvalue weighted by Crippen LogP contribution is 2.45. The van der Waals surface area contributed by atoms with Crippen molar-refractivity contribution in [1.29, 1.82) is 0 Å². The second-order valence-electron chi connectivity index (χ2n) is 6.57. The Kier molecular flexibility index (Phi) is 4.07. The third-order valence-corrected chi connectivity index (χ3v) is 7.69. The van der Waals surface area contributed by atoms with Gasteiger partial charge < -0.3 is 4.74 Å². The van der Waals surface area contributed by atoms with Crippen LogP contribution < -0.4 is 0 Å². The Morgan fingerprint density at radius 1 is 1.45 bits per heavy atom. The van der Waals surface area contributed by atoms with E-state index in [4.69, 9.17) is 4.74 Å². The highest BCUT2D eigenvalue weighted by molar-refractivity contribution is 7.93. The maximum absolute atomic E-state index is 12.5. The van der Waals surface area contributed by atoms with Crippen LogP contribution in [0.15, 0.2) is 6.07 Å². The summed E-state index contributed by atoms with van der Waals surface area (Å²) in [6, 6.07) is 2.06. The van der Waals surface area contributed by atoms with E-state index in [0.717, 1.165) is 24.4 Å². The van der Waals surface area contributed by atoms with Gasteiger partial charge in [0, 0.05) is 39.2 Å². The Balaban J connectivity index is 1.69. The lowest BCUT2D eigenvalue weighted by atomic mass is 9.83. The lowest BCUT2D eigenvalue weighted by Crippen LogP contribution is -2.67. The number of aromatic nitrogens is 2. The molecule has 6 nitrogen and oxygen atoms in total. The summed E-state index contributed by atoms with van der Waals surface area (Å²) >= 11 is 0. The molecule has 1 unspecified atom stereocenters. The summed E-state index contributed by atoms with van der Waals surface area (Å²) in [6.45, 7) is 7.14. The van der Waals surface area contributed by atoms with Gasteiger partial charge >= 0.3 is 0 Å². The van der Waals surface area contributed by atoms with Crippen LogP contribution in [0.4, 0.5) is 0 Å². The van der Waals surface area contributed by atoms with Crippen LogP contribution in [0.5, 0.6) is 0 Å². The monoisotopic (exact) mass is 327 g/mol. The summed E-state index contributed by atoms with van der Waals surface area (Å²) in [4.78, 5) is 2.21. The first-order valence-corrected chi connectivity index (χ1v) is 9.55. The van der Waals surface area contributed by atoms with Gasteiger partial charge in [0.05, 0.1) is 23.7 Å². The van der Waals surface area contributed by atoms with Gasteiger partial charge in [0.1, 0.15) is 4.75 Å². The number of sulfone groups is 1. The lowest BCUT2D eigenvalue weighted by Gasteiger charge is -2.50. The van der Waals surface area contributed by atoms with Gasteiger partial charge in [0.15, 0.2) is 9.84 Å². The van der Waals surface area contributed by atoms with Crippen molar-refractivity contribution in [2.45, 2.75) is 31.6 Å². The molecule has 22 heavy (non-hydrogen) atoms. The molecule has 0 amide bonds. The smallest absolute Gasteiger partial charge is 0.158 e. The van der Waals surface area contributed by atoms with Crippen LogP contribution in [0, 0.1) is 12.8 Å². The number of aryl methyl sites for hydroxylation is 2. The molecule has 0 saturated carbocycles. The Bertz CT molecular complexity index is 647. The fourth-order valence-corrected chi connectivity index (χ4v) is 6.29. The van der Waals surface area contributed by atoms with E-state index in [1.165, 1.54) is 0 Å². The third-order valence-electron chi connectivity index (χ3n) is 5.09. The van der Waals surface area contributed by atoms with E-state index in [9.17, 15) is 8.42 Å². The van der Waals surface area contributed by atoms with E-state index in [-0.39, 0.29) is 5.92 Å². The van der Waals surface area contributed by atoms with E-state index in [0.29, 0.717) is 32.1 Å². The Morgan fingerprint density at radius 3 is 2.77 bits per heavy atom.